The Morgan fingerprint density at radius 1 is 1.42 bits per heavy atom. The van der Waals surface area contributed by atoms with Gasteiger partial charge in [-0.15, -0.1) is 0 Å². The predicted octanol–water partition coefficient (Wildman–Crippen LogP) is -1.45. The maximum atomic E-state index is 10.7. The number of ether oxygens (including phenoxy) is 1. The summed E-state index contributed by atoms with van der Waals surface area (Å²) in [5, 5.41) is 2.49. The van der Waals surface area contributed by atoms with Crippen LogP contribution < -0.4 is 16.8 Å². The van der Waals surface area contributed by atoms with Gasteiger partial charge in [-0.05, 0) is 0 Å². The average Bonchev–Trinajstić information content (AvgIpc) is 1.98. The van der Waals surface area contributed by atoms with Crippen molar-refractivity contribution in [2.45, 2.75) is 6.42 Å². The van der Waals surface area contributed by atoms with Crippen LogP contribution in [0.15, 0.2) is 0 Å². The van der Waals surface area contributed by atoms with Gasteiger partial charge in [-0.1, -0.05) is 0 Å². The molecule has 0 fully saturated rings. The quantitative estimate of drug-likeness (QED) is 0.444. The lowest BCUT2D eigenvalue weighted by molar-refractivity contribution is -0.121. The third-order valence-corrected chi connectivity index (χ3v) is 1.04. The number of carbonyl (C=O) groups excluding carboxylic acids is 2. The van der Waals surface area contributed by atoms with E-state index in [1.807, 2.05) is 0 Å². The zero-order valence-electron chi connectivity index (χ0n) is 6.71. The Bertz CT molecular complexity index is 160. The Labute approximate surface area is 70.2 Å². The molecule has 0 atom stereocenters. The Morgan fingerprint density at radius 3 is 2.58 bits per heavy atom. The van der Waals surface area contributed by atoms with Crippen molar-refractivity contribution in [2.75, 3.05) is 19.7 Å². The number of nitrogens with two attached hydrogens (primary N) is 2. The summed E-state index contributed by atoms with van der Waals surface area (Å²) in [6, 6.07) is 0. The maximum Gasteiger partial charge on any atom is 0.404 e. The standard InChI is InChI=1S/C6H13N3O3/c7-2-1-5(10)9-3-4-12-6(8)11/h1-4,7H2,(H2,8,11)(H,9,10). The highest BCUT2D eigenvalue weighted by Crippen LogP contribution is 1.75. The molecule has 0 saturated carbocycles. The molecule has 0 saturated heterocycles. The van der Waals surface area contributed by atoms with Crippen molar-refractivity contribution in [1.29, 1.82) is 0 Å². The molecule has 0 unspecified atom stereocenters. The van der Waals surface area contributed by atoms with Crippen molar-refractivity contribution in [3.05, 3.63) is 0 Å². The first-order valence-electron chi connectivity index (χ1n) is 3.56. The summed E-state index contributed by atoms with van der Waals surface area (Å²) >= 11 is 0. The molecular formula is C6H13N3O3. The number of amides is 2. The maximum absolute atomic E-state index is 10.7. The van der Waals surface area contributed by atoms with Crippen LogP contribution in [-0.2, 0) is 9.53 Å². The van der Waals surface area contributed by atoms with Crippen LogP contribution in [-0.4, -0.2) is 31.7 Å². The molecule has 0 radical (unpaired) electrons. The van der Waals surface area contributed by atoms with Crippen molar-refractivity contribution < 1.29 is 14.3 Å². The minimum Gasteiger partial charge on any atom is -0.448 e. The fourth-order valence-corrected chi connectivity index (χ4v) is 0.562. The topological polar surface area (TPSA) is 107 Å². The van der Waals surface area contributed by atoms with E-state index in [1.54, 1.807) is 0 Å². The number of carbonyl (C=O) groups is 2. The number of nitrogens with one attached hydrogen (secondary N) is 1. The first-order chi connectivity index (χ1) is 5.66. The van der Waals surface area contributed by atoms with Crippen LogP contribution in [0, 0.1) is 0 Å². The third kappa shape index (κ3) is 6.81. The monoisotopic (exact) mass is 175 g/mol. The van der Waals surface area contributed by atoms with Crippen LogP contribution in [0.5, 0.6) is 0 Å². The van der Waals surface area contributed by atoms with E-state index in [2.05, 4.69) is 15.8 Å². The number of hydrogen-bond acceptors (Lipinski definition) is 4. The van der Waals surface area contributed by atoms with Crippen molar-refractivity contribution >= 4 is 12.0 Å². The summed E-state index contributed by atoms with van der Waals surface area (Å²) in [6.45, 7) is 0.663. The molecule has 0 aliphatic heterocycles. The summed E-state index contributed by atoms with van der Waals surface area (Å²) in [5.41, 5.74) is 9.79. The predicted molar refractivity (Wildman–Crippen MR) is 42.2 cm³/mol. The first-order valence-corrected chi connectivity index (χ1v) is 3.56. The van der Waals surface area contributed by atoms with Gasteiger partial charge in [-0.3, -0.25) is 4.79 Å². The molecule has 0 aromatic heterocycles. The highest BCUT2D eigenvalue weighted by Gasteiger charge is 1.98. The number of rotatable bonds is 5. The first kappa shape index (κ1) is 10.7. The van der Waals surface area contributed by atoms with Crippen LogP contribution in [0.25, 0.3) is 0 Å². The number of hydrogen-bond donors (Lipinski definition) is 3. The van der Waals surface area contributed by atoms with Gasteiger partial charge in [0.15, 0.2) is 0 Å². The average molecular weight is 175 g/mol. The normalized spacial score (nSPS) is 9.08. The minimum atomic E-state index is -0.844. The molecule has 0 aliphatic rings. The minimum absolute atomic E-state index is 0.0889. The summed E-state index contributed by atoms with van der Waals surface area (Å²) in [7, 11) is 0. The van der Waals surface area contributed by atoms with Gasteiger partial charge in [0.25, 0.3) is 0 Å². The lowest BCUT2D eigenvalue weighted by Gasteiger charge is -2.03. The molecule has 2 amide bonds. The van der Waals surface area contributed by atoms with Gasteiger partial charge in [0.2, 0.25) is 5.91 Å². The summed E-state index contributed by atoms with van der Waals surface area (Å²) in [6.07, 6.45) is -0.570. The molecule has 6 heteroatoms. The zero-order chi connectivity index (χ0) is 9.40. The summed E-state index contributed by atoms with van der Waals surface area (Å²) in [5.74, 6) is -0.162. The summed E-state index contributed by atoms with van der Waals surface area (Å²) in [4.78, 5) is 20.8. The van der Waals surface area contributed by atoms with E-state index in [0.717, 1.165) is 0 Å². The molecule has 5 N–H and O–H groups in total. The Hall–Kier alpha value is -1.30. The van der Waals surface area contributed by atoms with Crippen LogP contribution in [0.1, 0.15) is 6.42 Å². The number of primary amides is 1. The fraction of sp³-hybridized carbons (Fsp3) is 0.667. The lowest BCUT2D eigenvalue weighted by atomic mass is 10.4. The largest absolute Gasteiger partial charge is 0.448 e. The Kier molecular flexibility index (Phi) is 5.72. The van der Waals surface area contributed by atoms with Crippen molar-refractivity contribution in [2.24, 2.45) is 11.5 Å². The Balaban J connectivity index is 3.19. The Morgan fingerprint density at radius 2 is 2.08 bits per heavy atom. The molecule has 6 nitrogen and oxygen atoms in total. The molecule has 0 aromatic carbocycles. The van der Waals surface area contributed by atoms with Gasteiger partial charge < -0.3 is 21.5 Å². The molecule has 0 aliphatic carbocycles. The van der Waals surface area contributed by atoms with E-state index in [4.69, 9.17) is 5.73 Å². The van der Waals surface area contributed by atoms with E-state index in [-0.39, 0.29) is 25.5 Å². The molecule has 0 heterocycles. The second-order valence-corrected chi connectivity index (χ2v) is 2.06. The van der Waals surface area contributed by atoms with E-state index in [1.165, 1.54) is 0 Å². The molecule has 70 valence electrons. The smallest absolute Gasteiger partial charge is 0.404 e. The van der Waals surface area contributed by atoms with Crippen molar-refractivity contribution in [3.8, 4) is 0 Å². The second kappa shape index (κ2) is 6.41. The van der Waals surface area contributed by atoms with E-state index < -0.39 is 6.09 Å². The molecule has 0 spiro atoms. The van der Waals surface area contributed by atoms with Crippen LogP contribution in [0.2, 0.25) is 0 Å². The molecule has 0 bridgehead atoms. The van der Waals surface area contributed by atoms with Crippen molar-refractivity contribution in [1.82, 2.24) is 5.32 Å². The third-order valence-electron chi connectivity index (χ3n) is 1.04. The van der Waals surface area contributed by atoms with Gasteiger partial charge in [0.1, 0.15) is 6.61 Å². The summed E-state index contributed by atoms with van der Waals surface area (Å²) < 4.78 is 4.36. The van der Waals surface area contributed by atoms with Gasteiger partial charge >= 0.3 is 6.09 Å². The molecule has 0 aromatic rings. The van der Waals surface area contributed by atoms with Crippen LogP contribution >= 0.6 is 0 Å². The van der Waals surface area contributed by atoms with Crippen LogP contribution in [0.3, 0.4) is 0 Å². The SMILES string of the molecule is NCCC(=O)NCCOC(N)=O. The highest BCUT2D eigenvalue weighted by atomic mass is 16.5. The fourth-order valence-electron chi connectivity index (χ4n) is 0.562. The van der Waals surface area contributed by atoms with E-state index in [0.29, 0.717) is 6.54 Å². The highest BCUT2D eigenvalue weighted by molar-refractivity contribution is 5.76. The van der Waals surface area contributed by atoms with Gasteiger partial charge in [0.05, 0.1) is 6.54 Å². The molecule has 0 rings (SSSR count). The van der Waals surface area contributed by atoms with Gasteiger partial charge in [0, 0.05) is 13.0 Å². The van der Waals surface area contributed by atoms with Gasteiger partial charge in [-0.25, -0.2) is 4.79 Å². The van der Waals surface area contributed by atoms with Crippen molar-refractivity contribution in [3.63, 3.8) is 0 Å². The van der Waals surface area contributed by atoms with Gasteiger partial charge in [-0.2, -0.15) is 0 Å². The molecular weight excluding hydrogens is 162 g/mol. The molecule has 12 heavy (non-hydrogen) atoms. The van der Waals surface area contributed by atoms with Crippen LogP contribution in [0.4, 0.5) is 4.79 Å². The lowest BCUT2D eigenvalue weighted by Crippen LogP contribution is -2.30. The zero-order valence-corrected chi connectivity index (χ0v) is 6.71. The van der Waals surface area contributed by atoms with E-state index in [9.17, 15) is 9.59 Å². The van der Waals surface area contributed by atoms with E-state index >= 15 is 0 Å². The second-order valence-electron chi connectivity index (χ2n) is 2.06.